The minimum absolute atomic E-state index is 0.352. The molecule has 1 fully saturated rings. The molecule has 16 heavy (non-hydrogen) atoms. The van der Waals surface area contributed by atoms with Crippen molar-refractivity contribution in [1.82, 2.24) is 10.2 Å². The lowest BCUT2D eigenvalue weighted by Gasteiger charge is -2.39. The van der Waals surface area contributed by atoms with Crippen LogP contribution in [0.5, 0.6) is 0 Å². The monoisotopic (exact) mass is 228 g/mol. The van der Waals surface area contributed by atoms with Crippen molar-refractivity contribution in [1.29, 1.82) is 0 Å². The summed E-state index contributed by atoms with van der Waals surface area (Å²) in [6.07, 6.45) is 4.39. The van der Waals surface area contributed by atoms with Gasteiger partial charge in [-0.2, -0.15) is 0 Å². The van der Waals surface area contributed by atoms with E-state index in [0.717, 1.165) is 13.2 Å². The molecule has 0 aliphatic carbocycles. The van der Waals surface area contributed by atoms with Crippen molar-refractivity contribution >= 4 is 0 Å². The number of nitrogens with zero attached hydrogens (tertiary/aromatic N) is 1. The van der Waals surface area contributed by atoms with Crippen LogP contribution in [-0.2, 0) is 4.74 Å². The molecule has 1 saturated heterocycles. The van der Waals surface area contributed by atoms with Gasteiger partial charge in [-0.15, -0.1) is 0 Å². The molecule has 3 heteroatoms. The number of ether oxygens (including phenoxy) is 1. The van der Waals surface area contributed by atoms with Crippen molar-refractivity contribution in [3.05, 3.63) is 0 Å². The zero-order valence-corrected chi connectivity index (χ0v) is 11.3. The molecule has 0 radical (unpaired) electrons. The maximum atomic E-state index is 5.64. The van der Waals surface area contributed by atoms with Gasteiger partial charge < -0.3 is 10.1 Å². The second-order valence-electron chi connectivity index (χ2n) is 5.10. The lowest BCUT2D eigenvalue weighted by molar-refractivity contribution is 0.0343. The Labute approximate surface area is 101 Å². The fraction of sp³-hybridized carbons (Fsp3) is 1.00. The third kappa shape index (κ3) is 4.40. The molecule has 1 aliphatic rings. The first-order valence-corrected chi connectivity index (χ1v) is 6.68. The zero-order valence-electron chi connectivity index (χ0n) is 11.3. The molecule has 0 aromatic heterocycles. The van der Waals surface area contributed by atoms with Crippen LogP contribution in [0, 0.1) is 0 Å². The van der Waals surface area contributed by atoms with E-state index in [1.165, 1.54) is 25.8 Å². The van der Waals surface area contributed by atoms with E-state index < -0.39 is 0 Å². The predicted molar refractivity (Wildman–Crippen MR) is 68.8 cm³/mol. The van der Waals surface area contributed by atoms with E-state index in [-0.39, 0.29) is 0 Å². The average Bonchev–Trinajstić information content (AvgIpc) is 2.28. The predicted octanol–water partition coefficient (Wildman–Crippen LogP) is 1.87. The molecule has 0 aromatic carbocycles. The van der Waals surface area contributed by atoms with E-state index in [0.29, 0.717) is 18.2 Å². The van der Waals surface area contributed by atoms with Crippen molar-refractivity contribution in [3.63, 3.8) is 0 Å². The van der Waals surface area contributed by atoms with Gasteiger partial charge in [0, 0.05) is 18.6 Å². The highest BCUT2D eigenvalue weighted by molar-refractivity contribution is 4.84. The highest BCUT2D eigenvalue weighted by atomic mass is 16.5. The van der Waals surface area contributed by atoms with E-state index in [4.69, 9.17) is 4.74 Å². The molecule has 1 N–H and O–H groups in total. The Hall–Kier alpha value is -0.120. The van der Waals surface area contributed by atoms with Gasteiger partial charge in [0.25, 0.3) is 0 Å². The first-order chi connectivity index (χ1) is 7.65. The molecule has 1 heterocycles. The van der Waals surface area contributed by atoms with E-state index in [1.807, 2.05) is 0 Å². The summed E-state index contributed by atoms with van der Waals surface area (Å²) in [5, 5.41) is 3.38. The van der Waals surface area contributed by atoms with Crippen molar-refractivity contribution in [2.75, 3.05) is 26.7 Å². The Morgan fingerprint density at radius 2 is 2.06 bits per heavy atom. The SMILES string of the molecule is CNC(C)C1CCCCN1CCOC(C)C. The van der Waals surface area contributed by atoms with E-state index in [1.54, 1.807) is 0 Å². The molecule has 0 bridgehead atoms. The van der Waals surface area contributed by atoms with Gasteiger partial charge in [-0.25, -0.2) is 0 Å². The van der Waals surface area contributed by atoms with Gasteiger partial charge >= 0.3 is 0 Å². The van der Waals surface area contributed by atoms with Gasteiger partial charge in [-0.1, -0.05) is 6.42 Å². The summed E-state index contributed by atoms with van der Waals surface area (Å²) >= 11 is 0. The maximum Gasteiger partial charge on any atom is 0.0597 e. The number of rotatable bonds is 6. The summed E-state index contributed by atoms with van der Waals surface area (Å²) in [5.74, 6) is 0. The molecule has 2 atom stereocenters. The molecule has 96 valence electrons. The Balaban J connectivity index is 2.35. The summed E-state index contributed by atoms with van der Waals surface area (Å²) < 4.78 is 5.64. The molecule has 2 unspecified atom stereocenters. The molecule has 1 rings (SSSR count). The van der Waals surface area contributed by atoms with E-state index in [9.17, 15) is 0 Å². The van der Waals surface area contributed by atoms with Crippen LogP contribution in [0.2, 0.25) is 0 Å². The minimum Gasteiger partial charge on any atom is -0.377 e. The van der Waals surface area contributed by atoms with Crippen molar-refractivity contribution in [2.24, 2.45) is 0 Å². The number of likely N-dealkylation sites (tertiary alicyclic amines) is 1. The zero-order chi connectivity index (χ0) is 12.0. The summed E-state index contributed by atoms with van der Waals surface area (Å²) in [7, 11) is 2.06. The summed E-state index contributed by atoms with van der Waals surface area (Å²) in [6, 6.07) is 1.27. The maximum absolute atomic E-state index is 5.64. The number of piperidine rings is 1. The van der Waals surface area contributed by atoms with Gasteiger partial charge in [-0.3, -0.25) is 4.90 Å². The van der Waals surface area contributed by atoms with Crippen LogP contribution in [-0.4, -0.2) is 49.8 Å². The highest BCUT2D eigenvalue weighted by Crippen LogP contribution is 2.19. The number of hydrogen-bond acceptors (Lipinski definition) is 3. The van der Waals surface area contributed by atoms with Crippen LogP contribution in [0.3, 0.4) is 0 Å². The minimum atomic E-state index is 0.352. The van der Waals surface area contributed by atoms with Gasteiger partial charge in [-0.05, 0) is 47.2 Å². The van der Waals surface area contributed by atoms with Gasteiger partial charge in [0.15, 0.2) is 0 Å². The molecule has 3 nitrogen and oxygen atoms in total. The molecule has 0 saturated carbocycles. The normalized spacial score (nSPS) is 24.9. The van der Waals surface area contributed by atoms with Crippen molar-refractivity contribution in [2.45, 2.75) is 58.2 Å². The number of hydrogen-bond donors (Lipinski definition) is 1. The quantitative estimate of drug-likeness (QED) is 0.751. The van der Waals surface area contributed by atoms with Crippen LogP contribution in [0.15, 0.2) is 0 Å². The van der Waals surface area contributed by atoms with Gasteiger partial charge in [0.1, 0.15) is 0 Å². The Morgan fingerprint density at radius 1 is 1.31 bits per heavy atom. The molecule has 0 aromatic rings. The summed E-state index contributed by atoms with van der Waals surface area (Å²) in [4.78, 5) is 2.59. The first kappa shape index (κ1) is 13.9. The van der Waals surface area contributed by atoms with E-state index in [2.05, 4.69) is 38.0 Å². The number of likely N-dealkylation sites (N-methyl/N-ethyl adjacent to an activating group) is 1. The lowest BCUT2D eigenvalue weighted by atomic mass is 9.96. The van der Waals surface area contributed by atoms with Crippen molar-refractivity contribution < 1.29 is 4.74 Å². The number of nitrogens with one attached hydrogen (secondary N) is 1. The average molecular weight is 228 g/mol. The molecule has 0 amide bonds. The highest BCUT2D eigenvalue weighted by Gasteiger charge is 2.25. The standard InChI is InChI=1S/C13H28N2O/c1-11(2)16-10-9-15-8-6-5-7-13(15)12(3)14-4/h11-14H,5-10H2,1-4H3. The van der Waals surface area contributed by atoms with Crippen LogP contribution in [0.1, 0.15) is 40.0 Å². The molecule has 0 spiro atoms. The Bertz CT molecular complexity index is 185. The van der Waals surface area contributed by atoms with Crippen LogP contribution in [0.4, 0.5) is 0 Å². The lowest BCUT2D eigenvalue weighted by Crippen LogP contribution is -2.51. The molecular weight excluding hydrogens is 200 g/mol. The van der Waals surface area contributed by atoms with Crippen LogP contribution >= 0.6 is 0 Å². The summed E-state index contributed by atoms with van der Waals surface area (Å²) in [5.41, 5.74) is 0. The van der Waals surface area contributed by atoms with Crippen molar-refractivity contribution in [3.8, 4) is 0 Å². The molecule has 1 aliphatic heterocycles. The topological polar surface area (TPSA) is 24.5 Å². The molecular formula is C13H28N2O. The third-order valence-electron chi connectivity index (χ3n) is 3.53. The fourth-order valence-electron chi connectivity index (χ4n) is 2.46. The summed E-state index contributed by atoms with van der Waals surface area (Å²) in [6.45, 7) is 9.66. The van der Waals surface area contributed by atoms with E-state index >= 15 is 0 Å². The third-order valence-corrected chi connectivity index (χ3v) is 3.53. The van der Waals surface area contributed by atoms with Gasteiger partial charge in [0.2, 0.25) is 0 Å². The van der Waals surface area contributed by atoms with Gasteiger partial charge in [0.05, 0.1) is 12.7 Å². The Kier molecular flexibility index (Phi) is 6.32. The largest absolute Gasteiger partial charge is 0.377 e. The van der Waals surface area contributed by atoms with Crippen LogP contribution < -0.4 is 5.32 Å². The fourth-order valence-corrected chi connectivity index (χ4v) is 2.46. The van der Waals surface area contributed by atoms with Crippen LogP contribution in [0.25, 0.3) is 0 Å². The smallest absolute Gasteiger partial charge is 0.0597 e. The second kappa shape index (κ2) is 7.25. The Morgan fingerprint density at radius 3 is 2.69 bits per heavy atom. The second-order valence-corrected chi connectivity index (χ2v) is 5.10. The first-order valence-electron chi connectivity index (χ1n) is 6.68.